The van der Waals surface area contributed by atoms with E-state index in [4.69, 9.17) is 25.8 Å². The molecule has 0 aromatic heterocycles. The van der Waals surface area contributed by atoms with Crippen LogP contribution in [0.3, 0.4) is 0 Å². The fraction of sp³-hybridized carbons (Fsp3) is 0.350. The summed E-state index contributed by atoms with van der Waals surface area (Å²) in [5, 5.41) is 3.36. The van der Waals surface area contributed by atoms with Crippen LogP contribution in [0.2, 0.25) is 5.02 Å². The molecular formula is C20H25ClN2O4. The summed E-state index contributed by atoms with van der Waals surface area (Å²) in [5.41, 5.74) is 1.57. The lowest BCUT2D eigenvalue weighted by atomic mass is 10.2. The third-order valence-corrected chi connectivity index (χ3v) is 4.06. The number of nitrogens with zero attached hydrogens (tertiary/aromatic N) is 1. The van der Waals surface area contributed by atoms with Crippen LogP contribution in [0.5, 0.6) is 17.2 Å². The molecule has 0 bridgehead atoms. The number of nitrogens with one attached hydrogen (secondary N) is 1. The SMILES string of the molecule is CCOc1ccc(CN(C)CC(=O)Nc2cc(Cl)ccc2OC)cc1OC. The minimum atomic E-state index is -0.157. The van der Waals surface area contributed by atoms with E-state index in [9.17, 15) is 4.79 Å². The molecule has 27 heavy (non-hydrogen) atoms. The number of methoxy groups -OCH3 is 2. The molecule has 0 fully saturated rings. The Labute approximate surface area is 165 Å². The number of benzene rings is 2. The molecule has 1 amide bonds. The van der Waals surface area contributed by atoms with Crippen LogP contribution in [0, 0.1) is 0 Å². The molecule has 0 unspecified atom stereocenters. The highest BCUT2D eigenvalue weighted by atomic mass is 35.5. The molecule has 0 aliphatic heterocycles. The van der Waals surface area contributed by atoms with Gasteiger partial charge in [-0.3, -0.25) is 9.69 Å². The van der Waals surface area contributed by atoms with E-state index < -0.39 is 0 Å². The molecule has 7 heteroatoms. The molecule has 2 aromatic carbocycles. The molecule has 0 saturated carbocycles. The number of anilines is 1. The smallest absolute Gasteiger partial charge is 0.238 e. The highest BCUT2D eigenvalue weighted by Crippen LogP contribution is 2.29. The molecule has 2 rings (SSSR count). The topological polar surface area (TPSA) is 60.0 Å². The number of ether oxygens (including phenoxy) is 3. The number of carbonyl (C=O) groups excluding carboxylic acids is 1. The van der Waals surface area contributed by atoms with Gasteiger partial charge in [-0.2, -0.15) is 0 Å². The molecule has 1 N–H and O–H groups in total. The highest BCUT2D eigenvalue weighted by Gasteiger charge is 2.12. The van der Waals surface area contributed by atoms with E-state index in [-0.39, 0.29) is 12.5 Å². The number of halogens is 1. The van der Waals surface area contributed by atoms with Crippen molar-refractivity contribution >= 4 is 23.2 Å². The van der Waals surface area contributed by atoms with Gasteiger partial charge in [0.15, 0.2) is 11.5 Å². The second-order valence-electron chi connectivity index (χ2n) is 5.98. The van der Waals surface area contributed by atoms with Crippen LogP contribution in [0.1, 0.15) is 12.5 Å². The van der Waals surface area contributed by atoms with E-state index in [1.165, 1.54) is 0 Å². The second kappa shape index (κ2) is 10.0. The van der Waals surface area contributed by atoms with Crippen LogP contribution in [-0.4, -0.2) is 45.2 Å². The van der Waals surface area contributed by atoms with Crippen molar-refractivity contribution in [2.75, 3.05) is 39.7 Å². The van der Waals surface area contributed by atoms with Crippen molar-refractivity contribution in [3.63, 3.8) is 0 Å². The maximum absolute atomic E-state index is 12.4. The van der Waals surface area contributed by atoms with Gasteiger partial charge in [-0.15, -0.1) is 0 Å². The van der Waals surface area contributed by atoms with Gasteiger partial charge in [0.25, 0.3) is 0 Å². The monoisotopic (exact) mass is 392 g/mol. The van der Waals surface area contributed by atoms with Gasteiger partial charge in [-0.25, -0.2) is 0 Å². The standard InChI is InChI=1S/C20H25ClN2O4/c1-5-27-18-8-6-14(10-19(18)26-4)12-23(2)13-20(24)22-16-11-15(21)7-9-17(16)25-3/h6-11H,5,12-13H2,1-4H3,(H,22,24). The Balaban J connectivity index is 1.98. The maximum atomic E-state index is 12.4. The lowest BCUT2D eigenvalue weighted by Gasteiger charge is -2.18. The molecule has 0 radical (unpaired) electrons. The van der Waals surface area contributed by atoms with Crippen LogP contribution in [-0.2, 0) is 11.3 Å². The molecule has 146 valence electrons. The van der Waals surface area contributed by atoms with E-state index in [2.05, 4.69) is 5.32 Å². The van der Waals surface area contributed by atoms with Gasteiger partial charge in [0.1, 0.15) is 5.75 Å². The first kappa shape index (κ1) is 20.9. The fourth-order valence-electron chi connectivity index (χ4n) is 2.67. The molecule has 6 nitrogen and oxygen atoms in total. The fourth-order valence-corrected chi connectivity index (χ4v) is 2.84. The average Bonchev–Trinajstić information content (AvgIpc) is 2.63. The first-order valence-corrected chi connectivity index (χ1v) is 8.96. The number of likely N-dealkylation sites (N-methyl/N-ethyl adjacent to an activating group) is 1. The van der Waals surface area contributed by atoms with Gasteiger partial charge in [-0.1, -0.05) is 17.7 Å². The van der Waals surface area contributed by atoms with Crippen LogP contribution in [0.4, 0.5) is 5.69 Å². The number of carbonyl (C=O) groups is 1. The zero-order valence-corrected chi connectivity index (χ0v) is 16.8. The number of rotatable bonds is 9. The highest BCUT2D eigenvalue weighted by molar-refractivity contribution is 6.31. The molecule has 0 aliphatic rings. The maximum Gasteiger partial charge on any atom is 0.238 e. The third kappa shape index (κ3) is 6.05. The second-order valence-corrected chi connectivity index (χ2v) is 6.42. The first-order chi connectivity index (χ1) is 13.0. The van der Waals surface area contributed by atoms with Crippen molar-refractivity contribution in [3.05, 3.63) is 47.0 Å². The third-order valence-electron chi connectivity index (χ3n) is 3.83. The Morgan fingerprint density at radius 1 is 1.07 bits per heavy atom. The first-order valence-electron chi connectivity index (χ1n) is 8.58. The number of hydrogen-bond acceptors (Lipinski definition) is 5. The van der Waals surface area contributed by atoms with Gasteiger partial charge in [0.2, 0.25) is 5.91 Å². The minimum Gasteiger partial charge on any atom is -0.495 e. The molecular weight excluding hydrogens is 368 g/mol. The van der Waals surface area contributed by atoms with Gasteiger partial charge in [0.05, 0.1) is 33.1 Å². The van der Waals surface area contributed by atoms with Crippen molar-refractivity contribution in [1.29, 1.82) is 0 Å². The summed E-state index contributed by atoms with van der Waals surface area (Å²) in [6.45, 7) is 3.30. The minimum absolute atomic E-state index is 0.157. The molecule has 0 aliphatic carbocycles. The Kier molecular flexibility index (Phi) is 7.76. The Morgan fingerprint density at radius 2 is 1.78 bits per heavy atom. The Hall–Kier alpha value is -2.44. The van der Waals surface area contributed by atoms with Crippen molar-refractivity contribution in [1.82, 2.24) is 4.90 Å². The van der Waals surface area contributed by atoms with Crippen molar-refractivity contribution < 1.29 is 19.0 Å². The van der Waals surface area contributed by atoms with Crippen LogP contribution < -0.4 is 19.5 Å². The molecule has 0 spiro atoms. The zero-order chi connectivity index (χ0) is 19.8. The summed E-state index contributed by atoms with van der Waals surface area (Å²) < 4.78 is 16.1. The molecule has 2 aromatic rings. The van der Waals surface area contributed by atoms with Gasteiger partial charge < -0.3 is 19.5 Å². The van der Waals surface area contributed by atoms with Crippen LogP contribution in [0.15, 0.2) is 36.4 Å². The van der Waals surface area contributed by atoms with Crippen molar-refractivity contribution in [2.24, 2.45) is 0 Å². The summed E-state index contributed by atoms with van der Waals surface area (Å²) in [6, 6.07) is 10.8. The number of amides is 1. The summed E-state index contributed by atoms with van der Waals surface area (Å²) in [6.07, 6.45) is 0. The number of hydrogen-bond donors (Lipinski definition) is 1. The van der Waals surface area contributed by atoms with E-state index >= 15 is 0 Å². The lowest BCUT2D eigenvalue weighted by molar-refractivity contribution is -0.117. The normalized spacial score (nSPS) is 10.6. The predicted octanol–water partition coefficient (Wildman–Crippen LogP) is 3.83. The summed E-state index contributed by atoms with van der Waals surface area (Å²) in [5.74, 6) is 1.79. The molecule has 0 heterocycles. The van der Waals surface area contributed by atoms with Crippen LogP contribution >= 0.6 is 11.6 Å². The van der Waals surface area contributed by atoms with E-state index in [0.29, 0.717) is 41.1 Å². The van der Waals surface area contributed by atoms with Gasteiger partial charge in [0, 0.05) is 11.6 Å². The van der Waals surface area contributed by atoms with E-state index in [0.717, 1.165) is 5.56 Å². The Morgan fingerprint density at radius 3 is 2.44 bits per heavy atom. The van der Waals surface area contributed by atoms with E-state index in [1.54, 1.807) is 32.4 Å². The zero-order valence-electron chi connectivity index (χ0n) is 16.0. The summed E-state index contributed by atoms with van der Waals surface area (Å²) in [7, 11) is 5.03. The average molecular weight is 393 g/mol. The summed E-state index contributed by atoms with van der Waals surface area (Å²) >= 11 is 5.99. The summed E-state index contributed by atoms with van der Waals surface area (Å²) in [4.78, 5) is 14.3. The predicted molar refractivity (Wildman–Crippen MR) is 107 cm³/mol. The van der Waals surface area contributed by atoms with Crippen molar-refractivity contribution in [3.8, 4) is 17.2 Å². The van der Waals surface area contributed by atoms with Gasteiger partial charge in [-0.05, 0) is 49.9 Å². The quantitative estimate of drug-likeness (QED) is 0.702. The van der Waals surface area contributed by atoms with Crippen molar-refractivity contribution in [2.45, 2.75) is 13.5 Å². The van der Waals surface area contributed by atoms with Gasteiger partial charge >= 0.3 is 0 Å². The Bertz CT molecular complexity index is 783. The van der Waals surface area contributed by atoms with Crippen LogP contribution in [0.25, 0.3) is 0 Å². The van der Waals surface area contributed by atoms with E-state index in [1.807, 2.05) is 37.1 Å². The lowest BCUT2D eigenvalue weighted by Crippen LogP contribution is -2.30. The largest absolute Gasteiger partial charge is 0.495 e. The molecule has 0 saturated heterocycles. The molecule has 0 atom stereocenters.